The van der Waals surface area contributed by atoms with E-state index in [1.165, 1.54) is 4.90 Å². The molecule has 0 aromatic heterocycles. The fraction of sp³-hybridized carbons (Fsp3) is 0.786. The van der Waals surface area contributed by atoms with Crippen LogP contribution < -0.4 is 0 Å². The van der Waals surface area contributed by atoms with Crippen LogP contribution in [-0.4, -0.2) is 51.8 Å². The molecule has 0 saturated carbocycles. The van der Waals surface area contributed by atoms with Gasteiger partial charge in [0.25, 0.3) is 0 Å². The first kappa shape index (κ1) is 17.3. The molecule has 0 bridgehead atoms. The van der Waals surface area contributed by atoms with Crippen molar-refractivity contribution in [1.82, 2.24) is 4.90 Å². The van der Waals surface area contributed by atoms with Crippen LogP contribution >= 0.6 is 0 Å². The van der Waals surface area contributed by atoms with Crippen LogP contribution in [0.15, 0.2) is 0 Å². The van der Waals surface area contributed by atoms with Crippen LogP contribution in [0.4, 0.5) is 4.79 Å². The van der Waals surface area contributed by atoms with Crippen LogP contribution in [0.5, 0.6) is 0 Å². The molecule has 1 fully saturated rings. The van der Waals surface area contributed by atoms with Crippen molar-refractivity contribution in [3.8, 4) is 0 Å². The molecule has 1 heterocycles. The van der Waals surface area contributed by atoms with Crippen molar-refractivity contribution < 1.29 is 29.3 Å². The average Bonchev–Trinajstić information content (AvgIpc) is 2.33. The highest BCUT2D eigenvalue weighted by Gasteiger charge is 2.36. The molecule has 0 aromatic carbocycles. The zero-order valence-corrected chi connectivity index (χ0v) is 12.7. The summed E-state index contributed by atoms with van der Waals surface area (Å²) in [6.07, 6.45) is 0.339. The Labute approximate surface area is 123 Å². The third-order valence-electron chi connectivity index (χ3n) is 3.39. The summed E-state index contributed by atoms with van der Waals surface area (Å²) in [5.41, 5.74) is -0.614. The van der Waals surface area contributed by atoms with E-state index >= 15 is 0 Å². The SMILES string of the molecule is CC(C)(C)OC(=O)N1CCCC(C(CC(=O)O)C(=O)O)C1. The molecule has 1 aliphatic heterocycles. The molecular formula is C14H23NO6. The molecule has 2 N–H and O–H groups in total. The van der Waals surface area contributed by atoms with Crippen LogP contribution in [-0.2, 0) is 14.3 Å². The standard InChI is InChI=1S/C14H23NO6/c1-14(2,3)21-13(20)15-6-4-5-9(8-15)10(12(18)19)7-11(16)17/h9-10H,4-8H2,1-3H3,(H,16,17)(H,18,19). The Hall–Kier alpha value is -1.79. The highest BCUT2D eigenvalue weighted by Crippen LogP contribution is 2.27. The molecule has 1 amide bonds. The molecule has 0 aliphatic carbocycles. The number of carbonyl (C=O) groups is 3. The molecule has 21 heavy (non-hydrogen) atoms. The lowest BCUT2D eigenvalue weighted by Gasteiger charge is -2.36. The Bertz CT molecular complexity index is 414. The Morgan fingerprint density at radius 1 is 1.29 bits per heavy atom. The second-order valence-electron chi connectivity index (χ2n) is 6.37. The van der Waals surface area contributed by atoms with Gasteiger partial charge >= 0.3 is 18.0 Å². The molecule has 120 valence electrons. The van der Waals surface area contributed by atoms with Gasteiger partial charge in [-0.05, 0) is 39.5 Å². The quantitative estimate of drug-likeness (QED) is 0.820. The summed E-state index contributed by atoms with van der Waals surface area (Å²) in [7, 11) is 0. The zero-order valence-electron chi connectivity index (χ0n) is 12.7. The maximum Gasteiger partial charge on any atom is 0.410 e. The first-order valence-electron chi connectivity index (χ1n) is 7.02. The van der Waals surface area contributed by atoms with Crippen LogP contribution in [0, 0.1) is 11.8 Å². The van der Waals surface area contributed by atoms with Gasteiger partial charge in [-0.15, -0.1) is 0 Å². The van der Waals surface area contributed by atoms with Crippen LogP contribution in [0.2, 0.25) is 0 Å². The van der Waals surface area contributed by atoms with Crippen molar-refractivity contribution in [3.63, 3.8) is 0 Å². The second kappa shape index (κ2) is 6.78. The molecule has 0 spiro atoms. The number of amides is 1. The van der Waals surface area contributed by atoms with Gasteiger partial charge in [-0.1, -0.05) is 0 Å². The molecule has 2 atom stereocenters. The van der Waals surface area contributed by atoms with Gasteiger partial charge in [-0.3, -0.25) is 9.59 Å². The first-order valence-corrected chi connectivity index (χ1v) is 7.02. The summed E-state index contributed by atoms with van der Waals surface area (Å²) >= 11 is 0. The monoisotopic (exact) mass is 301 g/mol. The predicted octanol–water partition coefficient (Wildman–Crippen LogP) is 1.81. The van der Waals surface area contributed by atoms with Crippen molar-refractivity contribution >= 4 is 18.0 Å². The van der Waals surface area contributed by atoms with Crippen LogP contribution in [0.25, 0.3) is 0 Å². The second-order valence-corrected chi connectivity index (χ2v) is 6.37. The van der Waals surface area contributed by atoms with Gasteiger partial charge in [0.1, 0.15) is 5.60 Å². The van der Waals surface area contributed by atoms with Gasteiger partial charge < -0.3 is 19.8 Å². The average molecular weight is 301 g/mol. The maximum absolute atomic E-state index is 12.0. The summed E-state index contributed by atoms with van der Waals surface area (Å²) in [4.78, 5) is 35.5. The summed E-state index contributed by atoms with van der Waals surface area (Å²) < 4.78 is 5.27. The Morgan fingerprint density at radius 3 is 2.38 bits per heavy atom. The molecular weight excluding hydrogens is 278 g/mol. The minimum absolute atomic E-state index is 0.221. The normalized spacial score (nSPS) is 20.7. The number of carbonyl (C=O) groups excluding carboxylic acids is 1. The zero-order chi connectivity index (χ0) is 16.2. The van der Waals surface area contributed by atoms with E-state index in [0.717, 1.165) is 0 Å². The molecule has 7 heteroatoms. The van der Waals surface area contributed by atoms with Gasteiger partial charge in [0.15, 0.2) is 0 Å². The molecule has 0 aromatic rings. The number of hydrogen-bond donors (Lipinski definition) is 2. The number of nitrogens with zero attached hydrogens (tertiary/aromatic N) is 1. The molecule has 2 unspecified atom stereocenters. The summed E-state index contributed by atoms with van der Waals surface area (Å²) in [6, 6.07) is 0. The van der Waals surface area contributed by atoms with Crippen molar-refractivity contribution in [2.45, 2.75) is 45.6 Å². The lowest BCUT2D eigenvalue weighted by atomic mass is 9.83. The van der Waals surface area contributed by atoms with Crippen molar-refractivity contribution in [2.24, 2.45) is 11.8 Å². The van der Waals surface area contributed by atoms with Gasteiger partial charge in [0.05, 0.1) is 12.3 Å². The number of carboxylic acid groups (broad SMARTS) is 2. The predicted molar refractivity (Wildman–Crippen MR) is 73.9 cm³/mol. The molecule has 0 radical (unpaired) electrons. The topological polar surface area (TPSA) is 104 Å². The van der Waals surface area contributed by atoms with Gasteiger partial charge in [-0.25, -0.2) is 4.79 Å². The fourth-order valence-corrected chi connectivity index (χ4v) is 2.47. The highest BCUT2D eigenvalue weighted by molar-refractivity contribution is 5.78. The lowest BCUT2D eigenvalue weighted by Crippen LogP contribution is -2.45. The van der Waals surface area contributed by atoms with E-state index in [1.807, 2.05) is 0 Å². The van der Waals surface area contributed by atoms with Gasteiger partial charge in [-0.2, -0.15) is 0 Å². The summed E-state index contributed by atoms with van der Waals surface area (Å²) in [5, 5.41) is 18.0. The molecule has 1 saturated heterocycles. The summed E-state index contributed by atoms with van der Waals surface area (Å²) in [5.74, 6) is -3.61. The van der Waals surface area contributed by atoms with Gasteiger partial charge in [0.2, 0.25) is 0 Å². The largest absolute Gasteiger partial charge is 0.481 e. The van der Waals surface area contributed by atoms with Crippen molar-refractivity contribution in [2.75, 3.05) is 13.1 Å². The Balaban J connectivity index is 2.71. The number of hydrogen-bond acceptors (Lipinski definition) is 4. The smallest absolute Gasteiger partial charge is 0.410 e. The molecule has 1 rings (SSSR count). The number of likely N-dealkylation sites (tertiary alicyclic amines) is 1. The highest BCUT2D eigenvalue weighted by atomic mass is 16.6. The Morgan fingerprint density at radius 2 is 1.90 bits per heavy atom. The van der Waals surface area contributed by atoms with Crippen LogP contribution in [0.1, 0.15) is 40.0 Å². The summed E-state index contributed by atoms with van der Waals surface area (Å²) in [6.45, 7) is 6.01. The number of carboxylic acids is 2. The number of aliphatic carboxylic acids is 2. The van der Waals surface area contributed by atoms with Crippen molar-refractivity contribution in [1.29, 1.82) is 0 Å². The van der Waals surface area contributed by atoms with Gasteiger partial charge in [0, 0.05) is 13.1 Å². The maximum atomic E-state index is 12.0. The minimum atomic E-state index is -1.14. The Kier molecular flexibility index (Phi) is 5.57. The van der Waals surface area contributed by atoms with E-state index in [9.17, 15) is 19.5 Å². The van der Waals surface area contributed by atoms with E-state index in [0.29, 0.717) is 19.4 Å². The van der Waals surface area contributed by atoms with E-state index in [1.54, 1.807) is 20.8 Å². The van der Waals surface area contributed by atoms with E-state index < -0.39 is 36.0 Å². The van der Waals surface area contributed by atoms with E-state index in [-0.39, 0.29) is 12.5 Å². The fourth-order valence-electron chi connectivity index (χ4n) is 2.47. The third-order valence-corrected chi connectivity index (χ3v) is 3.39. The van der Waals surface area contributed by atoms with Crippen molar-refractivity contribution in [3.05, 3.63) is 0 Å². The van der Waals surface area contributed by atoms with E-state index in [2.05, 4.69) is 0 Å². The number of ether oxygens (including phenoxy) is 1. The lowest BCUT2D eigenvalue weighted by molar-refractivity contribution is -0.151. The first-order chi connectivity index (χ1) is 9.60. The number of rotatable bonds is 4. The third kappa shape index (κ3) is 5.61. The molecule has 1 aliphatic rings. The van der Waals surface area contributed by atoms with E-state index in [4.69, 9.17) is 9.84 Å². The number of piperidine rings is 1. The molecule has 7 nitrogen and oxygen atoms in total. The minimum Gasteiger partial charge on any atom is -0.481 e. The van der Waals surface area contributed by atoms with Crippen LogP contribution in [0.3, 0.4) is 0 Å².